The zero-order valence-corrected chi connectivity index (χ0v) is 12.1. The molecule has 0 amide bonds. The van der Waals surface area contributed by atoms with Crippen molar-refractivity contribution < 1.29 is 14.8 Å². The fourth-order valence-electron chi connectivity index (χ4n) is 1.94. The standard InChI is InChI=1S/C15H14ClNO4/c1-10(18)13-4-2-3-5-15(13)21-9-11-6-7-12(16)8-14(11)17(19)20/h2-8,10,18H,9H2,1H3/t10-/m0/s1. The van der Waals surface area contributed by atoms with Gasteiger partial charge in [-0.05, 0) is 25.1 Å². The summed E-state index contributed by atoms with van der Waals surface area (Å²) in [4.78, 5) is 10.5. The third-order valence-corrected chi connectivity index (χ3v) is 3.23. The minimum absolute atomic E-state index is 0.0250. The smallest absolute Gasteiger partial charge is 0.277 e. The summed E-state index contributed by atoms with van der Waals surface area (Å²) in [6.07, 6.45) is -0.679. The Morgan fingerprint density at radius 3 is 2.71 bits per heavy atom. The van der Waals surface area contributed by atoms with Crippen LogP contribution in [0.2, 0.25) is 5.02 Å². The molecule has 0 radical (unpaired) electrons. The number of nitro groups is 1. The Hall–Kier alpha value is -2.11. The first-order valence-electron chi connectivity index (χ1n) is 6.31. The molecule has 2 rings (SSSR count). The Morgan fingerprint density at radius 1 is 1.33 bits per heavy atom. The summed E-state index contributed by atoms with van der Waals surface area (Å²) in [5, 5.41) is 21.0. The quantitative estimate of drug-likeness (QED) is 0.672. The Labute approximate surface area is 126 Å². The van der Waals surface area contributed by atoms with E-state index in [0.29, 0.717) is 21.9 Å². The second-order valence-electron chi connectivity index (χ2n) is 4.53. The SMILES string of the molecule is C[C@H](O)c1ccccc1OCc1ccc(Cl)cc1[N+](=O)[O-]. The Kier molecular flexibility index (Phi) is 4.77. The lowest BCUT2D eigenvalue weighted by Gasteiger charge is -2.13. The van der Waals surface area contributed by atoms with Crippen molar-refractivity contribution in [2.75, 3.05) is 0 Å². The van der Waals surface area contributed by atoms with E-state index in [4.69, 9.17) is 16.3 Å². The van der Waals surface area contributed by atoms with Crippen LogP contribution in [0, 0.1) is 10.1 Å². The van der Waals surface area contributed by atoms with Crippen LogP contribution in [0.4, 0.5) is 5.69 Å². The predicted octanol–water partition coefficient (Wildman–Crippen LogP) is 3.88. The Morgan fingerprint density at radius 2 is 2.05 bits per heavy atom. The molecule has 0 saturated heterocycles. The van der Waals surface area contributed by atoms with Crippen molar-refractivity contribution in [1.82, 2.24) is 0 Å². The van der Waals surface area contributed by atoms with E-state index in [9.17, 15) is 15.2 Å². The Bertz CT molecular complexity index is 658. The molecule has 0 unspecified atom stereocenters. The van der Waals surface area contributed by atoms with Crippen molar-refractivity contribution in [2.24, 2.45) is 0 Å². The molecular formula is C15H14ClNO4. The maximum absolute atomic E-state index is 11.0. The van der Waals surface area contributed by atoms with Gasteiger partial charge >= 0.3 is 0 Å². The van der Waals surface area contributed by atoms with Gasteiger partial charge in [0.2, 0.25) is 0 Å². The van der Waals surface area contributed by atoms with Crippen molar-refractivity contribution in [1.29, 1.82) is 0 Å². The lowest BCUT2D eigenvalue weighted by atomic mass is 10.1. The third kappa shape index (κ3) is 3.71. The summed E-state index contributed by atoms with van der Waals surface area (Å²) in [5.74, 6) is 0.497. The minimum Gasteiger partial charge on any atom is -0.488 e. The van der Waals surface area contributed by atoms with Crippen molar-refractivity contribution in [3.63, 3.8) is 0 Å². The molecule has 0 aliphatic carbocycles. The van der Waals surface area contributed by atoms with Gasteiger partial charge in [-0.25, -0.2) is 0 Å². The first-order valence-corrected chi connectivity index (χ1v) is 6.69. The molecular weight excluding hydrogens is 294 g/mol. The molecule has 0 heterocycles. The van der Waals surface area contributed by atoms with Crippen molar-refractivity contribution in [3.05, 3.63) is 68.7 Å². The van der Waals surface area contributed by atoms with Crippen LogP contribution >= 0.6 is 11.6 Å². The van der Waals surface area contributed by atoms with Gasteiger partial charge in [0.1, 0.15) is 12.4 Å². The molecule has 0 bridgehead atoms. The molecule has 0 fully saturated rings. The number of aliphatic hydroxyl groups is 1. The summed E-state index contributed by atoms with van der Waals surface area (Å²) in [5.41, 5.74) is 0.968. The second-order valence-corrected chi connectivity index (χ2v) is 4.97. The van der Waals surface area contributed by atoms with Crippen LogP contribution < -0.4 is 4.74 Å². The average Bonchev–Trinajstić information content (AvgIpc) is 2.46. The average molecular weight is 308 g/mol. The number of ether oxygens (including phenoxy) is 1. The van der Waals surface area contributed by atoms with E-state index >= 15 is 0 Å². The molecule has 0 saturated carbocycles. The lowest BCUT2D eigenvalue weighted by molar-refractivity contribution is -0.385. The summed E-state index contributed by atoms with van der Waals surface area (Å²) < 4.78 is 5.61. The molecule has 0 spiro atoms. The number of hydrogen-bond acceptors (Lipinski definition) is 4. The van der Waals surface area contributed by atoms with Gasteiger partial charge in [-0.2, -0.15) is 0 Å². The maximum Gasteiger partial charge on any atom is 0.277 e. The van der Waals surface area contributed by atoms with Crippen LogP contribution in [0.15, 0.2) is 42.5 Å². The van der Waals surface area contributed by atoms with E-state index in [1.807, 2.05) is 0 Å². The van der Waals surface area contributed by atoms with Crippen LogP contribution in [0.5, 0.6) is 5.75 Å². The molecule has 2 aromatic rings. The normalized spacial score (nSPS) is 12.0. The number of benzene rings is 2. The predicted molar refractivity (Wildman–Crippen MR) is 79.5 cm³/mol. The largest absolute Gasteiger partial charge is 0.488 e. The maximum atomic E-state index is 11.0. The van der Waals surface area contributed by atoms with Crippen LogP contribution in [0.3, 0.4) is 0 Å². The van der Waals surface area contributed by atoms with Crippen LogP contribution in [0.25, 0.3) is 0 Å². The number of nitrogens with zero attached hydrogens (tertiary/aromatic N) is 1. The fraction of sp³-hybridized carbons (Fsp3) is 0.200. The van der Waals surface area contributed by atoms with E-state index in [-0.39, 0.29) is 12.3 Å². The van der Waals surface area contributed by atoms with Crippen LogP contribution in [-0.4, -0.2) is 10.0 Å². The third-order valence-electron chi connectivity index (χ3n) is 3.00. The van der Waals surface area contributed by atoms with Gasteiger partial charge in [-0.1, -0.05) is 29.8 Å². The molecule has 21 heavy (non-hydrogen) atoms. The Balaban J connectivity index is 2.23. The minimum atomic E-state index is -0.679. The molecule has 1 N–H and O–H groups in total. The molecule has 2 aromatic carbocycles. The molecule has 5 nitrogen and oxygen atoms in total. The molecule has 110 valence electrons. The second kappa shape index (κ2) is 6.56. The number of para-hydroxylation sites is 1. The highest BCUT2D eigenvalue weighted by molar-refractivity contribution is 6.30. The number of aliphatic hydroxyl groups excluding tert-OH is 1. The first-order chi connectivity index (χ1) is 9.99. The van der Waals surface area contributed by atoms with Gasteiger partial charge in [0.25, 0.3) is 5.69 Å². The first kappa shape index (κ1) is 15.3. The van der Waals surface area contributed by atoms with Gasteiger partial charge in [0, 0.05) is 16.7 Å². The monoisotopic (exact) mass is 307 g/mol. The summed E-state index contributed by atoms with van der Waals surface area (Å²) in [6, 6.07) is 11.5. The summed E-state index contributed by atoms with van der Waals surface area (Å²) in [6.45, 7) is 1.66. The van der Waals surface area contributed by atoms with Gasteiger partial charge in [0.15, 0.2) is 0 Å². The van der Waals surface area contributed by atoms with Crippen molar-refractivity contribution in [2.45, 2.75) is 19.6 Å². The number of hydrogen-bond donors (Lipinski definition) is 1. The topological polar surface area (TPSA) is 72.6 Å². The molecule has 0 aliphatic heterocycles. The zero-order valence-electron chi connectivity index (χ0n) is 11.3. The van der Waals surface area contributed by atoms with E-state index in [1.54, 1.807) is 43.3 Å². The highest BCUT2D eigenvalue weighted by Gasteiger charge is 2.16. The van der Waals surface area contributed by atoms with E-state index in [2.05, 4.69) is 0 Å². The van der Waals surface area contributed by atoms with Crippen molar-refractivity contribution >= 4 is 17.3 Å². The van der Waals surface area contributed by atoms with Crippen LogP contribution in [0.1, 0.15) is 24.2 Å². The molecule has 1 atom stereocenters. The highest BCUT2D eigenvalue weighted by Crippen LogP contribution is 2.28. The summed E-state index contributed by atoms with van der Waals surface area (Å²) in [7, 11) is 0. The van der Waals surface area contributed by atoms with Gasteiger partial charge < -0.3 is 9.84 Å². The lowest BCUT2D eigenvalue weighted by Crippen LogP contribution is -2.03. The van der Waals surface area contributed by atoms with E-state index < -0.39 is 11.0 Å². The highest BCUT2D eigenvalue weighted by atomic mass is 35.5. The van der Waals surface area contributed by atoms with Gasteiger partial charge in [-0.15, -0.1) is 0 Å². The van der Waals surface area contributed by atoms with Crippen molar-refractivity contribution in [3.8, 4) is 5.75 Å². The molecule has 0 aromatic heterocycles. The molecule has 6 heteroatoms. The number of halogens is 1. The summed E-state index contributed by atoms with van der Waals surface area (Å²) >= 11 is 5.77. The molecule has 0 aliphatic rings. The van der Waals surface area contributed by atoms with E-state index in [0.717, 1.165) is 0 Å². The van der Waals surface area contributed by atoms with Gasteiger partial charge in [-0.3, -0.25) is 10.1 Å². The number of rotatable bonds is 5. The van der Waals surface area contributed by atoms with E-state index in [1.165, 1.54) is 6.07 Å². The van der Waals surface area contributed by atoms with Gasteiger partial charge in [0.05, 0.1) is 16.6 Å². The zero-order chi connectivity index (χ0) is 15.4. The van der Waals surface area contributed by atoms with Crippen LogP contribution in [-0.2, 0) is 6.61 Å². The number of nitro benzene ring substituents is 1. The fourth-order valence-corrected chi connectivity index (χ4v) is 2.11.